The summed E-state index contributed by atoms with van der Waals surface area (Å²) in [5.41, 5.74) is 1.92. The van der Waals surface area contributed by atoms with E-state index in [0.29, 0.717) is 13.0 Å². The Labute approximate surface area is 137 Å². The number of amides is 1. The Morgan fingerprint density at radius 3 is 2.43 bits per heavy atom. The standard InChI is InChI=1S/C19H23NO3/c1-14(2)23-17-10-8-15(9-11-17)12-19(21)20-13-16-6-4-5-7-18(16)22-3/h4-11,14H,12-13H2,1-3H3,(H,20,21). The summed E-state index contributed by atoms with van der Waals surface area (Å²) in [5, 5.41) is 2.92. The van der Waals surface area contributed by atoms with Gasteiger partial charge in [-0.05, 0) is 37.6 Å². The normalized spacial score (nSPS) is 10.4. The van der Waals surface area contributed by atoms with Gasteiger partial charge in [-0.2, -0.15) is 0 Å². The summed E-state index contributed by atoms with van der Waals surface area (Å²) in [4.78, 5) is 12.1. The van der Waals surface area contributed by atoms with E-state index in [1.54, 1.807) is 7.11 Å². The highest BCUT2D eigenvalue weighted by atomic mass is 16.5. The molecule has 2 aromatic carbocycles. The fourth-order valence-corrected chi connectivity index (χ4v) is 2.25. The minimum atomic E-state index is -0.0200. The van der Waals surface area contributed by atoms with Gasteiger partial charge in [0.05, 0.1) is 19.6 Å². The Morgan fingerprint density at radius 1 is 1.09 bits per heavy atom. The monoisotopic (exact) mass is 313 g/mol. The number of methoxy groups -OCH3 is 1. The van der Waals surface area contributed by atoms with Crippen molar-refractivity contribution < 1.29 is 14.3 Å². The lowest BCUT2D eigenvalue weighted by Crippen LogP contribution is -2.24. The zero-order valence-electron chi connectivity index (χ0n) is 13.8. The molecular weight excluding hydrogens is 290 g/mol. The minimum Gasteiger partial charge on any atom is -0.496 e. The Kier molecular flexibility index (Phi) is 6.03. The Hall–Kier alpha value is -2.49. The number of benzene rings is 2. The van der Waals surface area contributed by atoms with Gasteiger partial charge in [-0.3, -0.25) is 4.79 Å². The number of hydrogen-bond acceptors (Lipinski definition) is 3. The maximum absolute atomic E-state index is 12.1. The number of nitrogens with one attached hydrogen (secondary N) is 1. The second kappa shape index (κ2) is 8.22. The van der Waals surface area contributed by atoms with E-state index >= 15 is 0 Å². The first-order valence-corrected chi connectivity index (χ1v) is 7.72. The molecule has 0 atom stereocenters. The molecule has 4 nitrogen and oxygen atoms in total. The van der Waals surface area contributed by atoms with Crippen LogP contribution < -0.4 is 14.8 Å². The van der Waals surface area contributed by atoms with E-state index in [1.807, 2.05) is 62.4 Å². The SMILES string of the molecule is COc1ccccc1CNC(=O)Cc1ccc(OC(C)C)cc1. The third kappa shape index (κ3) is 5.33. The molecule has 2 rings (SSSR count). The molecule has 2 aromatic rings. The predicted octanol–water partition coefficient (Wildman–Crippen LogP) is 3.34. The van der Waals surface area contributed by atoms with Crippen molar-refractivity contribution in [2.45, 2.75) is 32.9 Å². The first-order chi connectivity index (χ1) is 11.1. The van der Waals surface area contributed by atoms with Crippen LogP contribution in [0.1, 0.15) is 25.0 Å². The van der Waals surface area contributed by atoms with Crippen molar-refractivity contribution in [2.75, 3.05) is 7.11 Å². The average molecular weight is 313 g/mol. The summed E-state index contributed by atoms with van der Waals surface area (Å²) in [7, 11) is 1.63. The van der Waals surface area contributed by atoms with Crippen molar-refractivity contribution in [3.05, 3.63) is 59.7 Å². The number of ether oxygens (including phenoxy) is 2. The molecule has 1 N–H and O–H groups in total. The fourth-order valence-electron chi connectivity index (χ4n) is 2.25. The van der Waals surface area contributed by atoms with Crippen LogP contribution in [0.25, 0.3) is 0 Å². The molecule has 0 saturated carbocycles. The molecule has 0 spiro atoms. The zero-order valence-corrected chi connectivity index (χ0v) is 13.8. The highest BCUT2D eigenvalue weighted by molar-refractivity contribution is 5.78. The highest BCUT2D eigenvalue weighted by Crippen LogP contribution is 2.17. The fraction of sp³-hybridized carbons (Fsp3) is 0.316. The van der Waals surface area contributed by atoms with E-state index in [1.165, 1.54) is 0 Å². The van der Waals surface area contributed by atoms with Gasteiger partial charge in [0.2, 0.25) is 5.91 Å². The average Bonchev–Trinajstić information content (AvgIpc) is 2.54. The molecule has 0 unspecified atom stereocenters. The maximum atomic E-state index is 12.1. The van der Waals surface area contributed by atoms with Gasteiger partial charge in [0.25, 0.3) is 0 Å². The molecule has 0 saturated heterocycles. The Morgan fingerprint density at radius 2 is 1.78 bits per heavy atom. The van der Waals surface area contributed by atoms with Gasteiger partial charge in [-0.1, -0.05) is 30.3 Å². The summed E-state index contributed by atoms with van der Waals surface area (Å²) < 4.78 is 10.9. The van der Waals surface area contributed by atoms with Gasteiger partial charge in [-0.15, -0.1) is 0 Å². The third-order valence-corrected chi connectivity index (χ3v) is 3.33. The van der Waals surface area contributed by atoms with E-state index in [9.17, 15) is 4.79 Å². The first-order valence-electron chi connectivity index (χ1n) is 7.72. The maximum Gasteiger partial charge on any atom is 0.224 e. The van der Waals surface area contributed by atoms with E-state index in [-0.39, 0.29) is 12.0 Å². The second-order valence-corrected chi connectivity index (χ2v) is 5.58. The summed E-state index contributed by atoms with van der Waals surface area (Å²) in [6.07, 6.45) is 0.488. The van der Waals surface area contributed by atoms with E-state index in [2.05, 4.69) is 5.32 Å². The molecule has 4 heteroatoms. The number of carbonyl (C=O) groups excluding carboxylic acids is 1. The van der Waals surface area contributed by atoms with Crippen molar-refractivity contribution in [2.24, 2.45) is 0 Å². The lowest BCUT2D eigenvalue weighted by atomic mass is 10.1. The number of rotatable bonds is 7. The molecule has 0 aliphatic heterocycles. The molecule has 0 bridgehead atoms. The quantitative estimate of drug-likeness (QED) is 0.853. The van der Waals surface area contributed by atoms with Crippen LogP contribution >= 0.6 is 0 Å². The van der Waals surface area contributed by atoms with Gasteiger partial charge in [-0.25, -0.2) is 0 Å². The van der Waals surface area contributed by atoms with Crippen molar-refractivity contribution in [3.8, 4) is 11.5 Å². The van der Waals surface area contributed by atoms with Gasteiger partial charge in [0.1, 0.15) is 11.5 Å². The van der Waals surface area contributed by atoms with E-state index in [0.717, 1.165) is 22.6 Å². The van der Waals surface area contributed by atoms with E-state index < -0.39 is 0 Å². The summed E-state index contributed by atoms with van der Waals surface area (Å²) in [6.45, 7) is 4.43. The van der Waals surface area contributed by atoms with Crippen LogP contribution in [0.3, 0.4) is 0 Å². The number of carbonyl (C=O) groups is 1. The molecule has 0 aromatic heterocycles. The molecular formula is C19H23NO3. The molecule has 0 fully saturated rings. The first kappa shape index (κ1) is 16.9. The second-order valence-electron chi connectivity index (χ2n) is 5.58. The molecule has 23 heavy (non-hydrogen) atoms. The van der Waals surface area contributed by atoms with Gasteiger partial charge >= 0.3 is 0 Å². The number of hydrogen-bond donors (Lipinski definition) is 1. The van der Waals surface area contributed by atoms with Gasteiger partial charge in [0.15, 0.2) is 0 Å². The molecule has 0 aliphatic carbocycles. The highest BCUT2D eigenvalue weighted by Gasteiger charge is 2.06. The molecule has 1 amide bonds. The lowest BCUT2D eigenvalue weighted by molar-refractivity contribution is -0.120. The van der Waals surface area contributed by atoms with Crippen LogP contribution in [0.2, 0.25) is 0 Å². The Bertz CT molecular complexity index is 635. The molecule has 0 aliphatic rings. The molecule has 0 heterocycles. The van der Waals surface area contributed by atoms with Crippen LogP contribution in [0.4, 0.5) is 0 Å². The van der Waals surface area contributed by atoms with Crippen LogP contribution in [0, 0.1) is 0 Å². The summed E-state index contributed by atoms with van der Waals surface area (Å²) >= 11 is 0. The van der Waals surface area contributed by atoms with Crippen LogP contribution in [-0.2, 0) is 17.8 Å². The number of para-hydroxylation sites is 1. The third-order valence-electron chi connectivity index (χ3n) is 3.33. The van der Waals surface area contributed by atoms with Crippen LogP contribution in [0.15, 0.2) is 48.5 Å². The smallest absolute Gasteiger partial charge is 0.224 e. The minimum absolute atomic E-state index is 0.0200. The van der Waals surface area contributed by atoms with Gasteiger partial charge in [0, 0.05) is 12.1 Å². The van der Waals surface area contributed by atoms with Crippen molar-refractivity contribution >= 4 is 5.91 Å². The summed E-state index contributed by atoms with van der Waals surface area (Å²) in [5.74, 6) is 1.58. The van der Waals surface area contributed by atoms with Crippen molar-refractivity contribution in [1.29, 1.82) is 0 Å². The van der Waals surface area contributed by atoms with Crippen LogP contribution in [0.5, 0.6) is 11.5 Å². The largest absolute Gasteiger partial charge is 0.496 e. The lowest BCUT2D eigenvalue weighted by Gasteiger charge is -2.11. The van der Waals surface area contributed by atoms with Crippen molar-refractivity contribution in [3.63, 3.8) is 0 Å². The Balaban J connectivity index is 1.87. The zero-order chi connectivity index (χ0) is 16.7. The molecule has 0 radical (unpaired) electrons. The summed E-state index contributed by atoms with van der Waals surface area (Å²) in [6, 6.07) is 15.3. The predicted molar refractivity (Wildman–Crippen MR) is 90.8 cm³/mol. The van der Waals surface area contributed by atoms with Crippen LogP contribution in [-0.4, -0.2) is 19.1 Å². The molecule has 122 valence electrons. The topological polar surface area (TPSA) is 47.6 Å². The van der Waals surface area contributed by atoms with E-state index in [4.69, 9.17) is 9.47 Å². The van der Waals surface area contributed by atoms with Crippen molar-refractivity contribution in [1.82, 2.24) is 5.32 Å². The van der Waals surface area contributed by atoms with Gasteiger partial charge < -0.3 is 14.8 Å².